The van der Waals surface area contributed by atoms with Gasteiger partial charge in [-0.15, -0.1) is 0 Å². The fourth-order valence-corrected chi connectivity index (χ4v) is 2.04. The third-order valence-electron chi connectivity index (χ3n) is 3.16. The molecule has 0 aliphatic heterocycles. The predicted octanol–water partition coefficient (Wildman–Crippen LogP) is 3.82. The number of anilines is 3. The van der Waals surface area contributed by atoms with E-state index in [0.717, 1.165) is 22.5 Å². The number of rotatable bonds is 3. The molecule has 3 heteroatoms. The second kappa shape index (κ2) is 5.22. The summed E-state index contributed by atoms with van der Waals surface area (Å²) in [5.41, 5.74) is 4.96. The van der Waals surface area contributed by atoms with Crippen molar-refractivity contribution in [2.75, 3.05) is 24.3 Å². The Hall–Kier alpha value is -2.16. The van der Waals surface area contributed by atoms with Crippen molar-refractivity contribution in [1.29, 1.82) is 0 Å². The molecule has 100 valence electrons. The first-order valence-corrected chi connectivity index (χ1v) is 6.32. The van der Waals surface area contributed by atoms with E-state index in [1.54, 1.807) is 0 Å². The molecule has 3 nitrogen and oxygen atoms in total. The summed E-state index contributed by atoms with van der Waals surface area (Å²) in [5.74, 6) is 0.369. The first-order valence-electron chi connectivity index (χ1n) is 6.32. The van der Waals surface area contributed by atoms with Crippen LogP contribution in [0.3, 0.4) is 0 Å². The van der Waals surface area contributed by atoms with Gasteiger partial charge in [0.2, 0.25) is 0 Å². The standard InChI is InChI=1S/C16H20N2O/c1-11-9-14(10-12(2)16(11)19)17-13-5-7-15(8-6-13)18(3)4/h5-10,17,19H,1-4H3. The van der Waals surface area contributed by atoms with Crippen LogP contribution in [-0.4, -0.2) is 19.2 Å². The highest BCUT2D eigenvalue weighted by molar-refractivity contribution is 5.65. The Bertz CT molecular complexity index is 551. The van der Waals surface area contributed by atoms with Crippen molar-refractivity contribution in [3.8, 4) is 5.75 Å². The highest BCUT2D eigenvalue weighted by atomic mass is 16.3. The molecule has 0 fully saturated rings. The third kappa shape index (κ3) is 2.99. The number of hydrogen-bond donors (Lipinski definition) is 2. The lowest BCUT2D eigenvalue weighted by Gasteiger charge is -2.14. The van der Waals surface area contributed by atoms with Gasteiger partial charge in [0.15, 0.2) is 0 Å². The van der Waals surface area contributed by atoms with Gasteiger partial charge in [-0.25, -0.2) is 0 Å². The molecule has 0 bridgehead atoms. The lowest BCUT2D eigenvalue weighted by molar-refractivity contribution is 0.467. The first-order chi connectivity index (χ1) is 8.97. The average molecular weight is 256 g/mol. The van der Waals surface area contributed by atoms with Gasteiger partial charge < -0.3 is 15.3 Å². The van der Waals surface area contributed by atoms with Crippen molar-refractivity contribution in [3.63, 3.8) is 0 Å². The summed E-state index contributed by atoms with van der Waals surface area (Å²) < 4.78 is 0. The van der Waals surface area contributed by atoms with E-state index in [4.69, 9.17) is 0 Å². The van der Waals surface area contributed by atoms with Gasteiger partial charge in [-0.2, -0.15) is 0 Å². The minimum atomic E-state index is 0.369. The minimum absolute atomic E-state index is 0.369. The van der Waals surface area contributed by atoms with E-state index in [-0.39, 0.29) is 0 Å². The average Bonchev–Trinajstić information content (AvgIpc) is 2.36. The number of benzene rings is 2. The zero-order valence-corrected chi connectivity index (χ0v) is 11.9. The Morgan fingerprint density at radius 3 is 1.89 bits per heavy atom. The van der Waals surface area contributed by atoms with E-state index in [0.29, 0.717) is 5.75 Å². The predicted molar refractivity (Wildman–Crippen MR) is 81.6 cm³/mol. The van der Waals surface area contributed by atoms with Gasteiger partial charge in [0.25, 0.3) is 0 Å². The highest BCUT2D eigenvalue weighted by Crippen LogP contribution is 2.28. The van der Waals surface area contributed by atoms with E-state index in [1.165, 1.54) is 5.69 Å². The molecule has 0 amide bonds. The van der Waals surface area contributed by atoms with Crippen LogP contribution in [0.4, 0.5) is 17.1 Å². The molecule has 0 heterocycles. The number of aryl methyl sites for hydroxylation is 2. The molecule has 0 unspecified atom stereocenters. The normalized spacial score (nSPS) is 10.3. The summed E-state index contributed by atoms with van der Waals surface area (Å²) in [5, 5.41) is 13.1. The molecule has 19 heavy (non-hydrogen) atoms. The molecule has 2 aromatic rings. The Morgan fingerprint density at radius 1 is 0.895 bits per heavy atom. The molecule has 0 aliphatic rings. The van der Waals surface area contributed by atoms with Crippen molar-refractivity contribution >= 4 is 17.1 Å². The second-order valence-electron chi connectivity index (χ2n) is 5.02. The summed E-state index contributed by atoms with van der Waals surface area (Å²) in [7, 11) is 4.05. The van der Waals surface area contributed by atoms with Crippen LogP contribution in [-0.2, 0) is 0 Å². The topological polar surface area (TPSA) is 35.5 Å². The number of nitrogens with one attached hydrogen (secondary N) is 1. The summed E-state index contributed by atoms with van der Waals surface area (Å²) >= 11 is 0. The van der Waals surface area contributed by atoms with Gasteiger partial charge in [-0.3, -0.25) is 0 Å². The molecule has 0 aliphatic carbocycles. The van der Waals surface area contributed by atoms with Crippen molar-refractivity contribution in [1.82, 2.24) is 0 Å². The first kappa shape index (κ1) is 13.3. The third-order valence-corrected chi connectivity index (χ3v) is 3.16. The Kier molecular flexibility index (Phi) is 3.65. The SMILES string of the molecule is Cc1cc(Nc2ccc(N(C)C)cc2)cc(C)c1O. The molecule has 2 rings (SSSR count). The quantitative estimate of drug-likeness (QED) is 0.819. The van der Waals surface area contributed by atoms with Gasteiger partial charge in [-0.1, -0.05) is 0 Å². The Balaban J connectivity index is 2.21. The van der Waals surface area contributed by atoms with Crippen LogP contribution in [0.15, 0.2) is 36.4 Å². The van der Waals surface area contributed by atoms with Crippen LogP contribution in [0.1, 0.15) is 11.1 Å². The summed E-state index contributed by atoms with van der Waals surface area (Å²) in [6, 6.07) is 12.1. The molecule has 0 atom stereocenters. The van der Waals surface area contributed by atoms with Crippen LogP contribution < -0.4 is 10.2 Å². The van der Waals surface area contributed by atoms with E-state index in [2.05, 4.69) is 22.3 Å². The highest BCUT2D eigenvalue weighted by Gasteiger charge is 2.04. The van der Waals surface area contributed by atoms with Gasteiger partial charge >= 0.3 is 0 Å². The van der Waals surface area contributed by atoms with E-state index >= 15 is 0 Å². The fraction of sp³-hybridized carbons (Fsp3) is 0.250. The van der Waals surface area contributed by atoms with Crippen LogP contribution in [0.2, 0.25) is 0 Å². The number of phenols is 1. The summed E-state index contributed by atoms with van der Waals surface area (Å²) in [6.07, 6.45) is 0. The van der Waals surface area contributed by atoms with Gasteiger partial charge in [0, 0.05) is 31.2 Å². The molecular formula is C16H20N2O. The van der Waals surface area contributed by atoms with Gasteiger partial charge in [0.1, 0.15) is 5.75 Å². The Labute approximate surface area is 114 Å². The number of nitrogens with zero attached hydrogens (tertiary/aromatic N) is 1. The van der Waals surface area contributed by atoms with Crippen LogP contribution in [0, 0.1) is 13.8 Å². The van der Waals surface area contributed by atoms with Crippen molar-refractivity contribution < 1.29 is 5.11 Å². The molecule has 0 saturated heterocycles. The number of aromatic hydroxyl groups is 1. The van der Waals surface area contributed by atoms with Crippen molar-refractivity contribution in [2.24, 2.45) is 0 Å². The number of hydrogen-bond acceptors (Lipinski definition) is 3. The molecule has 0 spiro atoms. The molecule has 0 aromatic heterocycles. The van der Waals surface area contributed by atoms with Crippen LogP contribution >= 0.6 is 0 Å². The monoisotopic (exact) mass is 256 g/mol. The lowest BCUT2D eigenvalue weighted by atomic mass is 10.1. The fourth-order valence-electron chi connectivity index (χ4n) is 2.04. The van der Waals surface area contributed by atoms with Crippen molar-refractivity contribution in [2.45, 2.75) is 13.8 Å². The maximum absolute atomic E-state index is 9.76. The Morgan fingerprint density at radius 2 is 1.42 bits per heavy atom. The second-order valence-corrected chi connectivity index (χ2v) is 5.02. The molecule has 0 radical (unpaired) electrons. The number of phenolic OH excluding ortho intramolecular Hbond substituents is 1. The summed E-state index contributed by atoms with van der Waals surface area (Å²) in [4.78, 5) is 2.07. The van der Waals surface area contributed by atoms with E-state index in [1.807, 2.05) is 52.2 Å². The van der Waals surface area contributed by atoms with Gasteiger partial charge in [-0.05, 0) is 61.4 Å². The molecular weight excluding hydrogens is 236 g/mol. The van der Waals surface area contributed by atoms with Crippen LogP contribution in [0.5, 0.6) is 5.75 Å². The lowest BCUT2D eigenvalue weighted by Crippen LogP contribution is -2.08. The summed E-state index contributed by atoms with van der Waals surface area (Å²) in [6.45, 7) is 3.81. The zero-order valence-electron chi connectivity index (χ0n) is 11.9. The largest absolute Gasteiger partial charge is 0.507 e. The van der Waals surface area contributed by atoms with Crippen LogP contribution in [0.25, 0.3) is 0 Å². The van der Waals surface area contributed by atoms with Gasteiger partial charge in [0.05, 0.1) is 0 Å². The minimum Gasteiger partial charge on any atom is -0.507 e. The van der Waals surface area contributed by atoms with Crippen molar-refractivity contribution in [3.05, 3.63) is 47.5 Å². The maximum Gasteiger partial charge on any atom is 0.121 e. The van der Waals surface area contributed by atoms with E-state index in [9.17, 15) is 5.11 Å². The smallest absolute Gasteiger partial charge is 0.121 e. The zero-order chi connectivity index (χ0) is 14.0. The molecule has 2 aromatic carbocycles. The maximum atomic E-state index is 9.76. The molecule has 2 N–H and O–H groups in total. The molecule has 0 saturated carbocycles. The van der Waals surface area contributed by atoms with E-state index < -0.39 is 0 Å².